The molecule has 8 heteroatoms. The van der Waals surface area contributed by atoms with Crippen LogP contribution in [0.25, 0.3) is 11.1 Å². The zero-order valence-corrected chi connectivity index (χ0v) is 20.8. The lowest BCUT2D eigenvalue weighted by molar-refractivity contribution is -0.145. The largest absolute Gasteiger partial charge is 0.460 e. The number of carbonyl (C=O) groups is 3. The fourth-order valence-electron chi connectivity index (χ4n) is 4.19. The molecule has 2 aromatic rings. The molecule has 0 heterocycles. The van der Waals surface area contributed by atoms with E-state index in [-0.39, 0.29) is 25.2 Å². The Balaban J connectivity index is 1.53. The molecule has 1 aliphatic carbocycles. The third-order valence-electron chi connectivity index (χ3n) is 5.80. The number of carbonyl (C=O) groups excluding carboxylic acids is 3. The first kappa shape index (κ1) is 26.8. The molecule has 192 valence electrons. The van der Waals surface area contributed by atoms with Crippen LogP contribution in [-0.4, -0.2) is 50.1 Å². The van der Waals surface area contributed by atoms with Gasteiger partial charge in [0.15, 0.2) is 0 Å². The molecule has 8 nitrogen and oxygen atoms in total. The fourth-order valence-corrected chi connectivity index (χ4v) is 4.19. The number of rotatable bonds is 12. The van der Waals surface area contributed by atoms with Gasteiger partial charge in [-0.1, -0.05) is 61.2 Å². The Hall–Kier alpha value is -3.81. The van der Waals surface area contributed by atoms with Gasteiger partial charge in [-0.2, -0.15) is 0 Å². The average Bonchev–Trinajstić information content (AvgIpc) is 3.18. The van der Waals surface area contributed by atoms with Gasteiger partial charge in [-0.05, 0) is 55.4 Å². The second-order valence-corrected chi connectivity index (χ2v) is 8.82. The van der Waals surface area contributed by atoms with Crippen LogP contribution in [0.3, 0.4) is 0 Å². The van der Waals surface area contributed by atoms with E-state index in [2.05, 4.69) is 29.3 Å². The summed E-state index contributed by atoms with van der Waals surface area (Å²) in [6.07, 6.45) is 1.60. The van der Waals surface area contributed by atoms with Crippen LogP contribution >= 0.6 is 0 Å². The van der Waals surface area contributed by atoms with Crippen molar-refractivity contribution >= 4 is 18.2 Å². The van der Waals surface area contributed by atoms with Gasteiger partial charge in [0.1, 0.15) is 19.3 Å². The number of esters is 1. The second-order valence-electron chi connectivity index (χ2n) is 8.82. The van der Waals surface area contributed by atoms with Crippen molar-refractivity contribution in [1.29, 1.82) is 0 Å². The van der Waals surface area contributed by atoms with Crippen LogP contribution in [-0.2, 0) is 19.0 Å². The first-order valence-electron chi connectivity index (χ1n) is 12.2. The highest BCUT2D eigenvalue weighted by Gasteiger charge is 2.30. The van der Waals surface area contributed by atoms with Crippen LogP contribution in [0.15, 0.2) is 61.2 Å². The normalized spacial score (nSPS) is 12.8. The summed E-state index contributed by atoms with van der Waals surface area (Å²) >= 11 is 0. The van der Waals surface area contributed by atoms with Crippen molar-refractivity contribution in [2.75, 3.05) is 19.8 Å². The lowest BCUT2D eigenvalue weighted by Gasteiger charge is -2.19. The number of ether oxygens (including phenoxy) is 3. The molecule has 0 bridgehead atoms. The van der Waals surface area contributed by atoms with Gasteiger partial charge >= 0.3 is 18.2 Å². The van der Waals surface area contributed by atoms with Crippen molar-refractivity contribution in [3.05, 3.63) is 72.3 Å². The molecule has 36 heavy (non-hydrogen) atoms. The van der Waals surface area contributed by atoms with Gasteiger partial charge in [0, 0.05) is 12.5 Å². The van der Waals surface area contributed by atoms with E-state index in [4.69, 9.17) is 14.2 Å². The molecule has 2 amide bonds. The lowest BCUT2D eigenvalue weighted by atomic mass is 9.98. The maximum absolute atomic E-state index is 12.7. The zero-order chi connectivity index (χ0) is 25.9. The van der Waals surface area contributed by atoms with Crippen molar-refractivity contribution < 1.29 is 28.6 Å². The Labute approximate surface area is 212 Å². The van der Waals surface area contributed by atoms with Crippen molar-refractivity contribution in [2.45, 2.75) is 51.2 Å². The van der Waals surface area contributed by atoms with Crippen LogP contribution < -0.4 is 10.6 Å². The molecule has 0 saturated carbocycles. The van der Waals surface area contributed by atoms with Gasteiger partial charge < -0.3 is 24.8 Å². The number of hydrogen-bond acceptors (Lipinski definition) is 6. The summed E-state index contributed by atoms with van der Waals surface area (Å²) in [7, 11) is 0. The maximum Gasteiger partial charge on any atom is 0.407 e. The molecule has 1 unspecified atom stereocenters. The first-order valence-corrected chi connectivity index (χ1v) is 12.2. The number of fused-ring (bicyclic) bond motifs is 3. The minimum atomic E-state index is -0.872. The van der Waals surface area contributed by atoms with Crippen LogP contribution in [0, 0.1) is 0 Å². The van der Waals surface area contributed by atoms with E-state index in [1.807, 2.05) is 36.4 Å². The van der Waals surface area contributed by atoms with E-state index in [1.54, 1.807) is 13.8 Å². The van der Waals surface area contributed by atoms with Gasteiger partial charge in [-0.25, -0.2) is 14.4 Å². The number of hydrogen-bond donors (Lipinski definition) is 2. The summed E-state index contributed by atoms with van der Waals surface area (Å²) in [4.78, 5) is 36.7. The number of nitrogens with one attached hydrogen (secondary N) is 2. The predicted octanol–water partition coefficient (Wildman–Crippen LogP) is 4.93. The van der Waals surface area contributed by atoms with Gasteiger partial charge in [0.05, 0.1) is 6.10 Å². The highest BCUT2D eigenvalue weighted by Crippen LogP contribution is 2.44. The lowest BCUT2D eigenvalue weighted by Crippen LogP contribution is -2.42. The average molecular weight is 495 g/mol. The summed E-state index contributed by atoms with van der Waals surface area (Å²) < 4.78 is 15.7. The van der Waals surface area contributed by atoms with Crippen LogP contribution in [0.1, 0.15) is 50.2 Å². The van der Waals surface area contributed by atoms with E-state index in [0.717, 1.165) is 22.3 Å². The summed E-state index contributed by atoms with van der Waals surface area (Å²) in [6, 6.07) is 15.3. The van der Waals surface area contributed by atoms with E-state index >= 15 is 0 Å². The summed E-state index contributed by atoms with van der Waals surface area (Å²) in [5.41, 5.74) is 4.49. The SMILES string of the molecule is C=CCOC(=O)C(CCCCNC(=O)OC(C)C)NC(=O)OCC1c2ccccc2-c2ccccc21. The summed E-state index contributed by atoms with van der Waals surface area (Å²) in [5.74, 6) is -0.637. The zero-order valence-electron chi connectivity index (χ0n) is 20.8. The molecule has 0 saturated heterocycles. The van der Waals surface area contributed by atoms with Crippen LogP contribution in [0.5, 0.6) is 0 Å². The number of amides is 2. The minimum Gasteiger partial charge on any atom is -0.460 e. The number of benzene rings is 2. The third-order valence-corrected chi connectivity index (χ3v) is 5.80. The molecule has 0 radical (unpaired) electrons. The molecule has 0 aliphatic heterocycles. The molecule has 0 fully saturated rings. The quantitative estimate of drug-likeness (QED) is 0.188. The molecule has 1 aliphatic rings. The predicted molar refractivity (Wildman–Crippen MR) is 137 cm³/mol. The molecule has 2 aromatic carbocycles. The smallest absolute Gasteiger partial charge is 0.407 e. The topological polar surface area (TPSA) is 103 Å². The molecular weight excluding hydrogens is 460 g/mol. The number of unbranched alkanes of at least 4 members (excludes halogenated alkanes) is 1. The number of alkyl carbamates (subject to hydrolysis) is 2. The van der Waals surface area contributed by atoms with Gasteiger partial charge in [0.2, 0.25) is 0 Å². The third kappa shape index (κ3) is 7.34. The van der Waals surface area contributed by atoms with Gasteiger partial charge in [0.25, 0.3) is 0 Å². The molecule has 3 rings (SSSR count). The Morgan fingerprint density at radius 3 is 2.19 bits per heavy atom. The molecular formula is C28H34N2O6. The van der Waals surface area contributed by atoms with E-state index in [1.165, 1.54) is 6.08 Å². The Morgan fingerprint density at radius 1 is 0.944 bits per heavy atom. The maximum atomic E-state index is 12.7. The van der Waals surface area contributed by atoms with Crippen LogP contribution in [0.4, 0.5) is 9.59 Å². The second kappa shape index (κ2) is 13.3. The van der Waals surface area contributed by atoms with Gasteiger partial charge in [-0.15, -0.1) is 0 Å². The highest BCUT2D eigenvalue weighted by molar-refractivity contribution is 5.82. The molecule has 2 N–H and O–H groups in total. The molecule has 1 atom stereocenters. The summed E-state index contributed by atoms with van der Waals surface area (Å²) in [6.45, 7) is 7.68. The Bertz CT molecular complexity index is 1020. The van der Waals surface area contributed by atoms with E-state index < -0.39 is 24.2 Å². The van der Waals surface area contributed by atoms with E-state index in [9.17, 15) is 14.4 Å². The van der Waals surface area contributed by atoms with Crippen molar-refractivity contribution in [3.8, 4) is 11.1 Å². The van der Waals surface area contributed by atoms with Crippen molar-refractivity contribution in [1.82, 2.24) is 10.6 Å². The Kier molecular flexibility index (Phi) is 9.92. The highest BCUT2D eigenvalue weighted by atomic mass is 16.6. The molecule has 0 aromatic heterocycles. The minimum absolute atomic E-state index is 0.0459. The monoisotopic (exact) mass is 494 g/mol. The fraction of sp³-hybridized carbons (Fsp3) is 0.393. The van der Waals surface area contributed by atoms with Crippen LogP contribution in [0.2, 0.25) is 0 Å². The molecule has 0 spiro atoms. The standard InChI is InChI=1S/C28H34N2O6/c1-4-17-34-26(31)25(15-9-10-16-29-27(32)36-19(2)3)30-28(33)35-18-24-22-13-7-5-11-20(22)21-12-6-8-14-23(21)24/h4-8,11-14,19,24-25H,1,9-10,15-18H2,2-3H3,(H,29,32)(H,30,33). The van der Waals surface area contributed by atoms with Crippen molar-refractivity contribution in [3.63, 3.8) is 0 Å². The summed E-state index contributed by atoms with van der Waals surface area (Å²) in [5, 5.41) is 5.30. The van der Waals surface area contributed by atoms with Crippen molar-refractivity contribution in [2.24, 2.45) is 0 Å². The van der Waals surface area contributed by atoms with E-state index in [0.29, 0.717) is 25.8 Å². The van der Waals surface area contributed by atoms with Gasteiger partial charge in [-0.3, -0.25) is 0 Å². The Morgan fingerprint density at radius 2 is 1.58 bits per heavy atom. The first-order chi connectivity index (χ1) is 17.4.